The van der Waals surface area contributed by atoms with E-state index in [9.17, 15) is 0 Å². The van der Waals surface area contributed by atoms with Gasteiger partial charge >= 0.3 is 0 Å². The molecule has 104 valence electrons. The van der Waals surface area contributed by atoms with Crippen LogP contribution in [-0.2, 0) is 20.0 Å². The zero-order chi connectivity index (χ0) is 13.9. The molecule has 2 heterocycles. The summed E-state index contributed by atoms with van der Waals surface area (Å²) >= 11 is 0. The third kappa shape index (κ3) is 2.32. The first kappa shape index (κ1) is 12.9. The summed E-state index contributed by atoms with van der Waals surface area (Å²) in [6.45, 7) is 3.84. The summed E-state index contributed by atoms with van der Waals surface area (Å²) in [6, 6.07) is 8.49. The lowest BCUT2D eigenvalue weighted by atomic mass is 10.1. The zero-order valence-electron chi connectivity index (χ0n) is 11.8. The molecule has 1 aromatic carbocycles. The number of nitrogens with one attached hydrogen (secondary N) is 1. The molecule has 3 aromatic rings. The van der Waals surface area contributed by atoms with Gasteiger partial charge in [-0.25, -0.2) is 0 Å². The molecule has 0 aliphatic heterocycles. The summed E-state index contributed by atoms with van der Waals surface area (Å²) in [5, 5.41) is 8.35. The summed E-state index contributed by atoms with van der Waals surface area (Å²) in [4.78, 5) is 4.01. The first-order valence-electron chi connectivity index (χ1n) is 6.76. The summed E-state index contributed by atoms with van der Waals surface area (Å²) < 4.78 is 7.23. The van der Waals surface area contributed by atoms with Gasteiger partial charge in [0.25, 0.3) is 0 Å². The second kappa shape index (κ2) is 5.46. The van der Waals surface area contributed by atoms with Crippen molar-refractivity contribution < 1.29 is 4.52 Å². The van der Waals surface area contributed by atoms with E-state index in [2.05, 4.69) is 58.3 Å². The van der Waals surface area contributed by atoms with Gasteiger partial charge < -0.3 is 14.4 Å². The summed E-state index contributed by atoms with van der Waals surface area (Å²) in [5.41, 5.74) is 3.93. The molecule has 5 heteroatoms. The second-order valence-corrected chi connectivity index (χ2v) is 4.91. The fraction of sp³-hybridized carbons (Fsp3) is 0.333. The normalized spacial score (nSPS) is 11.3. The predicted molar refractivity (Wildman–Crippen MR) is 77.4 cm³/mol. The number of aromatic nitrogens is 3. The highest BCUT2D eigenvalue weighted by Gasteiger charge is 2.10. The molecule has 3 rings (SSSR count). The minimum absolute atomic E-state index is 0.672. The largest absolute Gasteiger partial charge is 0.346 e. The van der Waals surface area contributed by atoms with E-state index < -0.39 is 0 Å². The van der Waals surface area contributed by atoms with E-state index in [-0.39, 0.29) is 0 Å². The van der Waals surface area contributed by atoms with Gasteiger partial charge in [-0.05, 0) is 18.6 Å². The van der Waals surface area contributed by atoms with Gasteiger partial charge in [0, 0.05) is 43.2 Å². The highest BCUT2D eigenvalue weighted by Crippen LogP contribution is 2.24. The molecule has 0 atom stereocenters. The van der Waals surface area contributed by atoms with Crippen molar-refractivity contribution in [2.24, 2.45) is 7.05 Å². The molecule has 0 saturated carbocycles. The lowest BCUT2D eigenvalue weighted by Crippen LogP contribution is -2.19. The Balaban J connectivity index is 1.68. The molecule has 0 bridgehead atoms. The molecule has 0 saturated heterocycles. The molecule has 2 aromatic heterocycles. The Morgan fingerprint density at radius 1 is 1.30 bits per heavy atom. The van der Waals surface area contributed by atoms with Crippen molar-refractivity contribution in [2.75, 3.05) is 6.54 Å². The first-order valence-corrected chi connectivity index (χ1v) is 6.76. The van der Waals surface area contributed by atoms with E-state index in [4.69, 9.17) is 4.52 Å². The Bertz CT molecular complexity index is 661. The predicted octanol–water partition coefficient (Wildman–Crippen LogP) is 2.20. The lowest BCUT2D eigenvalue weighted by molar-refractivity contribution is 0.374. The van der Waals surface area contributed by atoms with Crippen LogP contribution < -0.4 is 5.32 Å². The van der Waals surface area contributed by atoms with E-state index in [0.29, 0.717) is 5.89 Å². The van der Waals surface area contributed by atoms with Crippen LogP contribution in [0.5, 0.6) is 0 Å². The lowest BCUT2D eigenvalue weighted by Gasteiger charge is -2.07. The van der Waals surface area contributed by atoms with Crippen LogP contribution >= 0.6 is 0 Å². The SMILES string of the molecule is Cc1c(CNCCc2ncno2)n(C)c2ccccc12. The molecule has 0 aliphatic carbocycles. The van der Waals surface area contributed by atoms with Gasteiger partial charge in [-0.1, -0.05) is 23.4 Å². The average molecular weight is 270 g/mol. The maximum absolute atomic E-state index is 4.97. The van der Waals surface area contributed by atoms with Crippen LogP contribution in [0.15, 0.2) is 35.1 Å². The monoisotopic (exact) mass is 270 g/mol. The minimum atomic E-state index is 0.672. The fourth-order valence-corrected chi connectivity index (χ4v) is 2.60. The quantitative estimate of drug-likeness (QED) is 0.722. The summed E-state index contributed by atoms with van der Waals surface area (Å²) in [5.74, 6) is 0.672. The van der Waals surface area contributed by atoms with Crippen LogP contribution in [0.4, 0.5) is 0 Å². The van der Waals surface area contributed by atoms with Crippen LogP contribution in [0.3, 0.4) is 0 Å². The zero-order valence-corrected chi connectivity index (χ0v) is 11.8. The third-order valence-electron chi connectivity index (χ3n) is 3.72. The summed E-state index contributed by atoms with van der Waals surface area (Å²) in [7, 11) is 2.12. The van der Waals surface area contributed by atoms with Gasteiger partial charge in [-0.3, -0.25) is 0 Å². The van der Waals surface area contributed by atoms with Crippen LogP contribution in [0.25, 0.3) is 10.9 Å². The highest BCUT2D eigenvalue weighted by atomic mass is 16.5. The molecular formula is C15H18N4O. The van der Waals surface area contributed by atoms with E-state index in [1.807, 2.05) is 0 Å². The molecule has 0 spiro atoms. The van der Waals surface area contributed by atoms with Gasteiger partial charge in [0.15, 0.2) is 6.33 Å². The van der Waals surface area contributed by atoms with Gasteiger partial charge in [0.2, 0.25) is 5.89 Å². The number of para-hydroxylation sites is 1. The number of fused-ring (bicyclic) bond motifs is 1. The van der Waals surface area contributed by atoms with Crippen LogP contribution in [0.2, 0.25) is 0 Å². The minimum Gasteiger partial charge on any atom is -0.346 e. The number of hydrogen-bond acceptors (Lipinski definition) is 4. The Hall–Kier alpha value is -2.14. The standard InChI is InChI=1S/C15H18N4O/c1-11-12-5-3-4-6-13(12)19(2)14(11)9-16-8-7-15-17-10-18-20-15/h3-6,10,16H,7-9H2,1-2H3. The second-order valence-electron chi connectivity index (χ2n) is 4.91. The van der Waals surface area contributed by atoms with Crippen molar-refractivity contribution in [1.82, 2.24) is 20.0 Å². The first-order chi connectivity index (χ1) is 9.77. The van der Waals surface area contributed by atoms with Gasteiger partial charge in [0.1, 0.15) is 0 Å². The Kier molecular flexibility index (Phi) is 3.52. The van der Waals surface area contributed by atoms with Gasteiger partial charge in [-0.15, -0.1) is 0 Å². The van der Waals surface area contributed by atoms with E-state index >= 15 is 0 Å². The van der Waals surface area contributed by atoms with Crippen molar-refractivity contribution in [1.29, 1.82) is 0 Å². The number of benzene rings is 1. The topological polar surface area (TPSA) is 55.9 Å². The fourth-order valence-electron chi connectivity index (χ4n) is 2.60. The van der Waals surface area contributed by atoms with Gasteiger partial charge in [0.05, 0.1) is 0 Å². The Morgan fingerprint density at radius 3 is 2.90 bits per heavy atom. The van der Waals surface area contributed by atoms with Gasteiger partial charge in [-0.2, -0.15) is 4.98 Å². The van der Waals surface area contributed by atoms with Crippen molar-refractivity contribution in [3.8, 4) is 0 Å². The van der Waals surface area contributed by atoms with Crippen molar-refractivity contribution in [2.45, 2.75) is 19.9 Å². The number of aryl methyl sites for hydroxylation is 2. The Labute approximate surface area is 117 Å². The highest BCUT2D eigenvalue weighted by molar-refractivity contribution is 5.85. The van der Waals surface area contributed by atoms with E-state index in [1.54, 1.807) is 0 Å². The van der Waals surface area contributed by atoms with Crippen LogP contribution in [0.1, 0.15) is 17.1 Å². The maximum Gasteiger partial charge on any atom is 0.227 e. The Morgan fingerprint density at radius 2 is 2.15 bits per heavy atom. The smallest absolute Gasteiger partial charge is 0.227 e. The molecular weight excluding hydrogens is 252 g/mol. The van der Waals surface area contributed by atoms with E-state index in [1.165, 1.54) is 28.5 Å². The molecule has 0 amide bonds. The molecule has 5 nitrogen and oxygen atoms in total. The molecule has 1 N–H and O–H groups in total. The van der Waals surface area contributed by atoms with Crippen molar-refractivity contribution in [3.63, 3.8) is 0 Å². The molecule has 0 aliphatic rings. The van der Waals surface area contributed by atoms with Crippen LogP contribution in [-0.4, -0.2) is 21.3 Å². The third-order valence-corrected chi connectivity index (χ3v) is 3.72. The summed E-state index contributed by atoms with van der Waals surface area (Å²) in [6.07, 6.45) is 2.19. The number of hydrogen-bond donors (Lipinski definition) is 1. The molecule has 0 fully saturated rings. The molecule has 20 heavy (non-hydrogen) atoms. The van der Waals surface area contributed by atoms with Crippen molar-refractivity contribution >= 4 is 10.9 Å². The average Bonchev–Trinajstić information content (AvgIpc) is 3.06. The van der Waals surface area contributed by atoms with Crippen molar-refractivity contribution in [3.05, 3.63) is 47.7 Å². The van der Waals surface area contributed by atoms with E-state index in [0.717, 1.165) is 19.5 Å². The number of nitrogens with zero attached hydrogens (tertiary/aromatic N) is 3. The molecule has 0 radical (unpaired) electrons. The van der Waals surface area contributed by atoms with Crippen LogP contribution in [0, 0.1) is 6.92 Å². The molecule has 0 unspecified atom stereocenters. The number of rotatable bonds is 5. The maximum atomic E-state index is 4.97.